The molecule has 0 aliphatic carbocycles. The third-order valence-corrected chi connectivity index (χ3v) is 8.35. The summed E-state index contributed by atoms with van der Waals surface area (Å²) in [5, 5.41) is 0. The largest absolute Gasteiger partial charge is 0.355 e. The molecule has 3 aromatic heterocycles. The van der Waals surface area contributed by atoms with Gasteiger partial charge in [-0.15, -0.1) is 13.2 Å². The standard InChI is InChI=1S/C40H34N4/c1-5-7-29-31-17-21-35(41-31)39(27-13-9-25(3)10-14-27)37-23-19-33(43-37)30(8-6-2)34-20-24-38(44-34)40(36-22-18-32(29)42-36)28-15-11-26(4)12-16-28/h5-6,9-24,41-42H,1-2,7-8H2,3-4H3. The van der Waals surface area contributed by atoms with E-state index >= 15 is 0 Å². The van der Waals surface area contributed by atoms with Crippen LogP contribution in [0.15, 0.2) is 98.1 Å². The first-order chi connectivity index (χ1) is 21.5. The van der Waals surface area contributed by atoms with Crippen LogP contribution in [0.1, 0.15) is 45.0 Å². The average molecular weight is 571 g/mol. The summed E-state index contributed by atoms with van der Waals surface area (Å²) in [6, 6.07) is 25.9. The maximum absolute atomic E-state index is 5.22. The van der Waals surface area contributed by atoms with Gasteiger partial charge in [-0.25, -0.2) is 9.97 Å². The Morgan fingerprint density at radius 2 is 0.886 bits per heavy atom. The first kappa shape index (κ1) is 27.4. The number of rotatable bonds is 6. The normalized spacial score (nSPS) is 12.0. The van der Waals surface area contributed by atoms with E-state index in [1.54, 1.807) is 0 Å². The van der Waals surface area contributed by atoms with Crippen LogP contribution in [-0.4, -0.2) is 19.9 Å². The number of aryl methyl sites for hydroxylation is 2. The molecule has 0 spiro atoms. The summed E-state index contributed by atoms with van der Waals surface area (Å²) in [7, 11) is 0. The lowest BCUT2D eigenvalue weighted by Gasteiger charge is -2.06. The first-order valence-corrected chi connectivity index (χ1v) is 15.0. The molecule has 4 nitrogen and oxygen atoms in total. The third kappa shape index (κ3) is 4.95. The summed E-state index contributed by atoms with van der Waals surface area (Å²) in [6.07, 6.45) is 13.7. The van der Waals surface area contributed by atoms with Crippen molar-refractivity contribution in [3.8, 4) is 22.3 Å². The van der Waals surface area contributed by atoms with E-state index in [-0.39, 0.29) is 0 Å². The second kappa shape index (κ2) is 11.3. The van der Waals surface area contributed by atoms with Crippen LogP contribution in [0, 0.1) is 13.8 Å². The van der Waals surface area contributed by atoms with Crippen LogP contribution in [0.3, 0.4) is 0 Å². The van der Waals surface area contributed by atoms with Crippen LogP contribution in [0.25, 0.3) is 68.6 Å². The number of hydrogen-bond acceptors (Lipinski definition) is 2. The zero-order chi connectivity index (χ0) is 30.2. The highest BCUT2D eigenvalue weighted by atomic mass is 14.8. The highest BCUT2D eigenvalue weighted by Crippen LogP contribution is 2.34. The molecule has 4 heteroatoms. The van der Waals surface area contributed by atoms with Gasteiger partial charge >= 0.3 is 0 Å². The maximum atomic E-state index is 5.22. The lowest BCUT2D eigenvalue weighted by atomic mass is 10.0. The van der Waals surface area contributed by atoms with Gasteiger partial charge in [0.1, 0.15) is 0 Å². The summed E-state index contributed by atoms with van der Waals surface area (Å²) in [4.78, 5) is 18.0. The molecule has 0 amide bonds. The zero-order valence-corrected chi connectivity index (χ0v) is 25.1. The van der Waals surface area contributed by atoms with E-state index in [2.05, 4.69) is 134 Å². The number of fused-ring (bicyclic) bond motifs is 8. The molecule has 214 valence electrons. The Labute approximate surface area is 257 Å². The van der Waals surface area contributed by atoms with Crippen molar-refractivity contribution in [2.24, 2.45) is 0 Å². The van der Waals surface area contributed by atoms with Crippen LogP contribution >= 0.6 is 0 Å². The summed E-state index contributed by atoms with van der Waals surface area (Å²) < 4.78 is 0. The third-order valence-electron chi connectivity index (χ3n) is 8.35. The highest BCUT2D eigenvalue weighted by molar-refractivity contribution is 5.94. The van der Waals surface area contributed by atoms with Crippen molar-refractivity contribution in [3.05, 3.63) is 143 Å². The van der Waals surface area contributed by atoms with Gasteiger partial charge in [0.05, 0.1) is 22.8 Å². The Hall–Kier alpha value is -5.48. The number of H-pyrrole nitrogens is 2. The van der Waals surface area contributed by atoms with Gasteiger partial charge in [-0.1, -0.05) is 71.8 Å². The maximum Gasteiger partial charge on any atom is 0.0737 e. The number of allylic oxidation sites excluding steroid dienone is 2. The van der Waals surface area contributed by atoms with E-state index < -0.39 is 0 Å². The quantitative estimate of drug-likeness (QED) is 0.195. The van der Waals surface area contributed by atoms with Crippen molar-refractivity contribution in [1.82, 2.24) is 19.9 Å². The van der Waals surface area contributed by atoms with Gasteiger partial charge < -0.3 is 9.97 Å². The van der Waals surface area contributed by atoms with E-state index in [1.807, 2.05) is 12.2 Å². The Kier molecular flexibility index (Phi) is 7.03. The minimum absolute atomic E-state index is 0.659. The second-order valence-corrected chi connectivity index (χ2v) is 11.4. The van der Waals surface area contributed by atoms with Gasteiger partial charge in [0.2, 0.25) is 0 Å². The summed E-state index contributed by atoms with van der Waals surface area (Å²) >= 11 is 0. The monoisotopic (exact) mass is 570 g/mol. The summed E-state index contributed by atoms with van der Waals surface area (Å²) in [5.74, 6) is 0. The smallest absolute Gasteiger partial charge is 0.0737 e. The van der Waals surface area contributed by atoms with E-state index in [9.17, 15) is 0 Å². The van der Waals surface area contributed by atoms with Crippen LogP contribution in [0.4, 0.5) is 0 Å². The zero-order valence-electron chi connectivity index (χ0n) is 25.1. The van der Waals surface area contributed by atoms with Crippen molar-refractivity contribution in [2.45, 2.75) is 26.7 Å². The molecule has 8 bridgehead atoms. The van der Waals surface area contributed by atoms with E-state index in [0.717, 1.165) is 78.2 Å². The molecule has 5 aromatic rings. The average Bonchev–Trinajstić information content (AvgIpc) is 3.86. The number of aromatic amines is 2. The number of hydrogen-bond donors (Lipinski definition) is 2. The van der Waals surface area contributed by atoms with Crippen LogP contribution in [0.2, 0.25) is 0 Å². The summed E-state index contributed by atoms with van der Waals surface area (Å²) in [5.41, 5.74) is 16.7. The molecule has 2 aliphatic heterocycles. The molecule has 2 aromatic carbocycles. The molecule has 0 fully saturated rings. The van der Waals surface area contributed by atoms with Gasteiger partial charge in [-0.3, -0.25) is 0 Å². The Morgan fingerprint density at radius 3 is 1.32 bits per heavy atom. The molecule has 0 atom stereocenters. The van der Waals surface area contributed by atoms with Crippen molar-refractivity contribution in [3.63, 3.8) is 0 Å². The molecule has 7 rings (SSSR count). The predicted molar refractivity (Wildman–Crippen MR) is 187 cm³/mol. The molecule has 0 radical (unpaired) electrons. The molecule has 44 heavy (non-hydrogen) atoms. The molecule has 0 unspecified atom stereocenters. The summed E-state index contributed by atoms with van der Waals surface area (Å²) in [6.45, 7) is 12.4. The fraction of sp³-hybridized carbons (Fsp3) is 0.100. The van der Waals surface area contributed by atoms with Gasteiger partial charge in [0, 0.05) is 44.3 Å². The van der Waals surface area contributed by atoms with Crippen molar-refractivity contribution >= 4 is 46.4 Å². The molecule has 0 saturated heterocycles. The van der Waals surface area contributed by atoms with Crippen molar-refractivity contribution in [1.29, 1.82) is 0 Å². The SMILES string of the molecule is C=CCc1c2nc(c(-c3ccc(C)cc3)c3ccc([nH]3)c(CC=C)c3ccc([nH]3)c(-c3ccc(C)cc3)c3nc1C=C3)C=C2. The van der Waals surface area contributed by atoms with E-state index in [4.69, 9.17) is 9.97 Å². The van der Waals surface area contributed by atoms with Crippen molar-refractivity contribution in [2.75, 3.05) is 0 Å². The predicted octanol–water partition coefficient (Wildman–Crippen LogP) is 10.1. The molecule has 5 heterocycles. The first-order valence-electron chi connectivity index (χ1n) is 15.0. The van der Waals surface area contributed by atoms with Crippen LogP contribution in [-0.2, 0) is 12.8 Å². The Morgan fingerprint density at radius 1 is 0.500 bits per heavy atom. The number of benzene rings is 2. The molecular weight excluding hydrogens is 536 g/mol. The fourth-order valence-corrected chi connectivity index (χ4v) is 6.09. The molecule has 2 aliphatic rings. The van der Waals surface area contributed by atoms with Crippen molar-refractivity contribution < 1.29 is 0 Å². The Balaban J connectivity index is 1.65. The van der Waals surface area contributed by atoms with Gasteiger partial charge in [-0.05, 0) is 86.4 Å². The topological polar surface area (TPSA) is 57.4 Å². The van der Waals surface area contributed by atoms with E-state index in [0.29, 0.717) is 12.8 Å². The fourth-order valence-electron chi connectivity index (χ4n) is 6.09. The second-order valence-electron chi connectivity index (χ2n) is 11.4. The lowest BCUT2D eigenvalue weighted by molar-refractivity contribution is 1.15. The van der Waals surface area contributed by atoms with Gasteiger partial charge in [-0.2, -0.15) is 0 Å². The molecule has 0 saturated carbocycles. The molecular formula is C40H34N4. The molecule has 2 N–H and O–H groups in total. The van der Waals surface area contributed by atoms with E-state index in [1.165, 1.54) is 11.1 Å². The number of nitrogens with one attached hydrogen (secondary N) is 2. The lowest BCUT2D eigenvalue weighted by Crippen LogP contribution is -1.93. The Bertz CT molecular complexity index is 2010. The number of nitrogens with zero attached hydrogens (tertiary/aromatic N) is 2. The highest BCUT2D eigenvalue weighted by Gasteiger charge is 2.17. The minimum Gasteiger partial charge on any atom is -0.355 e. The minimum atomic E-state index is 0.659. The van der Waals surface area contributed by atoms with Gasteiger partial charge in [0.15, 0.2) is 0 Å². The van der Waals surface area contributed by atoms with Crippen LogP contribution < -0.4 is 0 Å². The van der Waals surface area contributed by atoms with Crippen LogP contribution in [0.5, 0.6) is 0 Å². The van der Waals surface area contributed by atoms with Gasteiger partial charge in [0.25, 0.3) is 0 Å². The number of aromatic nitrogens is 4.